The maximum Gasteiger partial charge on any atom is 0.245 e. The first kappa shape index (κ1) is 33.1. The Balaban J connectivity index is 1.24. The van der Waals surface area contributed by atoms with E-state index in [0.717, 1.165) is 69.4 Å². The Hall–Kier alpha value is -3.23. The average molecular weight is 616 g/mol. The van der Waals surface area contributed by atoms with Gasteiger partial charge in [0.1, 0.15) is 6.04 Å². The van der Waals surface area contributed by atoms with Crippen LogP contribution in [0.5, 0.6) is 0 Å². The molecule has 8 nitrogen and oxygen atoms in total. The molecule has 2 aromatic rings. The van der Waals surface area contributed by atoms with E-state index >= 15 is 0 Å². The highest BCUT2D eigenvalue weighted by atomic mass is 16.2. The Morgan fingerprint density at radius 3 is 2.18 bits per heavy atom. The van der Waals surface area contributed by atoms with Crippen molar-refractivity contribution in [3.63, 3.8) is 0 Å². The number of rotatable bonds is 10. The van der Waals surface area contributed by atoms with E-state index in [1.54, 1.807) is 6.92 Å². The Morgan fingerprint density at radius 1 is 0.911 bits per heavy atom. The van der Waals surface area contributed by atoms with Crippen LogP contribution >= 0.6 is 0 Å². The minimum Gasteiger partial charge on any atom is -0.344 e. The van der Waals surface area contributed by atoms with Crippen molar-refractivity contribution in [3.05, 3.63) is 70.8 Å². The monoisotopic (exact) mass is 615 g/mol. The molecular formula is C37H53N5O3. The zero-order chi connectivity index (χ0) is 31.9. The highest BCUT2D eigenvalue weighted by Crippen LogP contribution is 2.28. The summed E-state index contributed by atoms with van der Waals surface area (Å²) in [6.07, 6.45) is 5.64. The quantitative estimate of drug-likeness (QED) is 0.418. The van der Waals surface area contributed by atoms with Crippen molar-refractivity contribution in [1.29, 1.82) is 0 Å². The normalized spacial score (nSPS) is 20.3. The smallest absolute Gasteiger partial charge is 0.245 e. The molecule has 2 N–H and O–H groups in total. The molecule has 3 amide bonds. The number of piperidine rings is 2. The van der Waals surface area contributed by atoms with Crippen LogP contribution in [0.15, 0.2) is 48.5 Å². The summed E-state index contributed by atoms with van der Waals surface area (Å²) in [4.78, 5) is 46.2. The Kier molecular flexibility index (Phi) is 11.3. The number of likely N-dealkylation sites (tertiary alicyclic amines) is 2. The van der Waals surface area contributed by atoms with Gasteiger partial charge in [0, 0.05) is 70.6 Å². The van der Waals surface area contributed by atoms with E-state index in [4.69, 9.17) is 0 Å². The summed E-state index contributed by atoms with van der Waals surface area (Å²) in [7, 11) is 0. The molecule has 2 saturated heterocycles. The number of nitrogens with one attached hydrogen (secondary N) is 2. The number of amides is 3. The van der Waals surface area contributed by atoms with Gasteiger partial charge >= 0.3 is 0 Å². The third-order valence-electron chi connectivity index (χ3n) is 10.1. The van der Waals surface area contributed by atoms with E-state index in [0.29, 0.717) is 43.9 Å². The molecule has 3 aliphatic rings. The van der Waals surface area contributed by atoms with Crippen LogP contribution in [0.3, 0.4) is 0 Å². The van der Waals surface area contributed by atoms with Gasteiger partial charge in [-0.3, -0.25) is 19.3 Å². The van der Waals surface area contributed by atoms with Gasteiger partial charge in [-0.1, -0.05) is 62.4 Å². The first-order valence-corrected chi connectivity index (χ1v) is 17.1. The van der Waals surface area contributed by atoms with Crippen molar-refractivity contribution >= 4 is 17.7 Å². The number of carbonyl (C=O) groups excluding carboxylic acids is 3. The molecule has 2 fully saturated rings. The Bertz CT molecular complexity index is 1310. The van der Waals surface area contributed by atoms with Crippen molar-refractivity contribution in [2.45, 2.75) is 96.8 Å². The predicted octanol–water partition coefficient (Wildman–Crippen LogP) is 4.26. The van der Waals surface area contributed by atoms with E-state index in [1.807, 2.05) is 28.0 Å². The predicted molar refractivity (Wildman–Crippen MR) is 179 cm³/mol. The molecule has 5 rings (SSSR count). The minimum atomic E-state index is -0.600. The lowest BCUT2D eigenvalue weighted by atomic mass is 9.92. The number of hydrogen-bond acceptors (Lipinski definition) is 5. The maximum atomic E-state index is 14.1. The van der Waals surface area contributed by atoms with Crippen molar-refractivity contribution in [3.8, 4) is 0 Å². The van der Waals surface area contributed by atoms with Crippen LogP contribution in [-0.2, 0) is 27.2 Å². The average Bonchev–Trinajstić information content (AvgIpc) is 3.04. The van der Waals surface area contributed by atoms with E-state index in [2.05, 4.69) is 66.6 Å². The van der Waals surface area contributed by atoms with Crippen LogP contribution in [0, 0.1) is 12.8 Å². The van der Waals surface area contributed by atoms with Gasteiger partial charge < -0.3 is 20.4 Å². The standard InChI is InChI=1S/C37H53N5O3/c1-26(2)25-42(31-14-19-40(20-15-31)28(4)43)32-16-21-41(22-17-32)37(45)35(23-30-11-6-5-9-27(30)3)39-36(44)24-34-33-12-8-7-10-29(33)13-18-38-34/h5-12,26,31-32,34-35,38H,13-25H2,1-4H3,(H,39,44). The van der Waals surface area contributed by atoms with Gasteiger partial charge in [0.25, 0.3) is 0 Å². The summed E-state index contributed by atoms with van der Waals surface area (Å²) in [6, 6.07) is 16.7. The fraction of sp³-hybridized carbons (Fsp3) is 0.595. The van der Waals surface area contributed by atoms with Crippen molar-refractivity contribution in [1.82, 2.24) is 25.3 Å². The number of nitrogens with zero attached hydrogens (tertiary/aromatic N) is 3. The number of aryl methyl sites for hydroxylation is 1. The molecule has 0 saturated carbocycles. The van der Waals surface area contributed by atoms with Gasteiger partial charge in [0.15, 0.2) is 0 Å². The van der Waals surface area contributed by atoms with Gasteiger partial charge in [-0.25, -0.2) is 0 Å². The molecule has 244 valence electrons. The second-order valence-corrected chi connectivity index (χ2v) is 13.8. The SMILES string of the molecule is CC(=O)N1CCC(N(CC(C)C)C2CCN(C(=O)C(Cc3ccccc3C)NC(=O)CC3NCCc4ccccc43)CC2)CC1. The van der Waals surface area contributed by atoms with Gasteiger partial charge in [-0.15, -0.1) is 0 Å². The lowest BCUT2D eigenvalue weighted by Gasteiger charge is -2.46. The second kappa shape index (κ2) is 15.4. The maximum absolute atomic E-state index is 14.1. The van der Waals surface area contributed by atoms with Crippen LogP contribution in [-0.4, -0.2) is 89.8 Å². The first-order valence-electron chi connectivity index (χ1n) is 17.1. The van der Waals surface area contributed by atoms with Crippen LogP contribution in [0.4, 0.5) is 0 Å². The highest BCUT2D eigenvalue weighted by molar-refractivity contribution is 5.88. The molecule has 0 radical (unpaired) electrons. The third kappa shape index (κ3) is 8.53. The highest BCUT2D eigenvalue weighted by Gasteiger charge is 2.35. The number of carbonyl (C=O) groups is 3. The Morgan fingerprint density at radius 2 is 1.53 bits per heavy atom. The van der Waals surface area contributed by atoms with Gasteiger partial charge in [-0.2, -0.15) is 0 Å². The third-order valence-corrected chi connectivity index (χ3v) is 10.1. The largest absolute Gasteiger partial charge is 0.344 e. The molecule has 0 spiro atoms. The topological polar surface area (TPSA) is 85.0 Å². The number of benzene rings is 2. The molecule has 2 unspecified atom stereocenters. The first-order chi connectivity index (χ1) is 21.7. The molecule has 45 heavy (non-hydrogen) atoms. The summed E-state index contributed by atoms with van der Waals surface area (Å²) in [5, 5.41) is 6.69. The molecule has 0 aromatic heterocycles. The lowest BCUT2D eigenvalue weighted by Crippen LogP contribution is -2.56. The summed E-state index contributed by atoms with van der Waals surface area (Å²) in [6.45, 7) is 13.2. The van der Waals surface area contributed by atoms with E-state index in [9.17, 15) is 14.4 Å². The van der Waals surface area contributed by atoms with Gasteiger partial charge in [0.05, 0.1) is 0 Å². The summed E-state index contributed by atoms with van der Waals surface area (Å²) in [5.41, 5.74) is 4.69. The van der Waals surface area contributed by atoms with Crippen LogP contribution < -0.4 is 10.6 Å². The molecule has 2 aromatic carbocycles. The minimum absolute atomic E-state index is 0.0206. The lowest BCUT2D eigenvalue weighted by molar-refractivity contribution is -0.138. The number of hydrogen-bond donors (Lipinski definition) is 2. The van der Waals surface area contributed by atoms with Crippen LogP contribution in [0.25, 0.3) is 0 Å². The van der Waals surface area contributed by atoms with Crippen molar-refractivity contribution in [2.75, 3.05) is 39.3 Å². The number of fused-ring (bicyclic) bond motifs is 1. The van der Waals surface area contributed by atoms with E-state index in [-0.39, 0.29) is 23.8 Å². The van der Waals surface area contributed by atoms with Crippen LogP contribution in [0.1, 0.15) is 81.2 Å². The molecular weight excluding hydrogens is 562 g/mol. The summed E-state index contributed by atoms with van der Waals surface area (Å²) >= 11 is 0. The van der Waals surface area contributed by atoms with Gasteiger partial charge in [-0.05, 0) is 73.7 Å². The Labute approximate surface area is 269 Å². The fourth-order valence-corrected chi connectivity index (χ4v) is 7.64. The van der Waals surface area contributed by atoms with Crippen LogP contribution in [0.2, 0.25) is 0 Å². The molecule has 3 heterocycles. The molecule has 3 aliphatic heterocycles. The van der Waals surface area contributed by atoms with Gasteiger partial charge in [0.2, 0.25) is 17.7 Å². The van der Waals surface area contributed by atoms with E-state index < -0.39 is 6.04 Å². The second-order valence-electron chi connectivity index (χ2n) is 13.8. The van der Waals surface area contributed by atoms with E-state index in [1.165, 1.54) is 11.1 Å². The summed E-state index contributed by atoms with van der Waals surface area (Å²) in [5.74, 6) is 0.649. The molecule has 0 aliphatic carbocycles. The zero-order valence-electron chi connectivity index (χ0n) is 27.8. The fourth-order valence-electron chi connectivity index (χ4n) is 7.64. The van der Waals surface area contributed by atoms with Crippen molar-refractivity contribution in [2.24, 2.45) is 5.92 Å². The summed E-state index contributed by atoms with van der Waals surface area (Å²) < 4.78 is 0. The zero-order valence-corrected chi connectivity index (χ0v) is 27.8. The molecule has 0 bridgehead atoms. The molecule has 2 atom stereocenters. The van der Waals surface area contributed by atoms with Crippen molar-refractivity contribution < 1.29 is 14.4 Å². The molecule has 8 heteroatoms.